The van der Waals surface area contributed by atoms with E-state index in [1.165, 1.54) is 23.7 Å². The highest BCUT2D eigenvalue weighted by atomic mass is 32.2. The van der Waals surface area contributed by atoms with Crippen molar-refractivity contribution in [2.45, 2.75) is 19.5 Å². The predicted molar refractivity (Wildman–Crippen MR) is 99.0 cm³/mol. The van der Waals surface area contributed by atoms with Crippen LogP contribution in [0.15, 0.2) is 29.3 Å². The molecule has 1 atom stereocenters. The summed E-state index contributed by atoms with van der Waals surface area (Å²) in [4.78, 5) is 43.1. The Bertz CT molecular complexity index is 864. The maximum Gasteiger partial charge on any atom is 0.358 e. The zero-order valence-corrected chi connectivity index (χ0v) is 15.6. The van der Waals surface area contributed by atoms with Crippen molar-refractivity contribution >= 4 is 40.6 Å². The summed E-state index contributed by atoms with van der Waals surface area (Å²) < 4.78 is 1.82. The molecule has 0 aliphatic carbocycles. The quantitative estimate of drug-likeness (QED) is 0.771. The first-order valence-corrected chi connectivity index (χ1v) is 9.02. The third-order valence-corrected chi connectivity index (χ3v) is 5.29. The van der Waals surface area contributed by atoms with Crippen molar-refractivity contribution in [2.75, 3.05) is 19.8 Å². The van der Waals surface area contributed by atoms with E-state index in [0.717, 1.165) is 16.0 Å². The van der Waals surface area contributed by atoms with Gasteiger partial charge in [-0.25, -0.2) is 9.37 Å². The second-order valence-electron chi connectivity index (χ2n) is 6.27. The van der Waals surface area contributed by atoms with Crippen LogP contribution in [0.1, 0.15) is 11.1 Å². The molecule has 26 heavy (non-hydrogen) atoms. The number of nitrogens with zero attached hydrogens (tertiary/aromatic N) is 4. The predicted octanol–water partition coefficient (Wildman–Crippen LogP) is 0.387. The number of primary amides is 1. The summed E-state index contributed by atoms with van der Waals surface area (Å²) in [7, 11) is 3.04. The SMILES string of the molecule is Cc1cccc(C[N+]2=C(SCC(N)=O)N=C3C2C(=O)N(C)C(=O)N3C)c1. The summed E-state index contributed by atoms with van der Waals surface area (Å²) in [5.74, 6) is -0.391. The van der Waals surface area contributed by atoms with Gasteiger partial charge in [0.1, 0.15) is 6.54 Å². The van der Waals surface area contributed by atoms with Crippen molar-refractivity contribution in [3.05, 3.63) is 35.4 Å². The number of thioether (sulfide) groups is 1. The number of benzene rings is 1. The minimum absolute atomic E-state index is 0.0465. The van der Waals surface area contributed by atoms with Crippen LogP contribution in [0.4, 0.5) is 4.79 Å². The number of fused-ring (bicyclic) bond motifs is 1. The number of aryl methyl sites for hydroxylation is 1. The summed E-state index contributed by atoms with van der Waals surface area (Å²) in [6.07, 6.45) is 0. The molecule has 1 saturated heterocycles. The zero-order valence-electron chi connectivity index (χ0n) is 14.8. The van der Waals surface area contributed by atoms with Crippen LogP contribution in [0, 0.1) is 6.92 Å². The molecule has 0 radical (unpaired) electrons. The highest BCUT2D eigenvalue weighted by molar-refractivity contribution is 8.14. The molecule has 0 aromatic heterocycles. The summed E-state index contributed by atoms with van der Waals surface area (Å²) in [6.45, 7) is 2.43. The van der Waals surface area contributed by atoms with E-state index in [4.69, 9.17) is 5.73 Å². The van der Waals surface area contributed by atoms with E-state index in [1.54, 1.807) is 7.05 Å². The average Bonchev–Trinajstić information content (AvgIpc) is 2.95. The van der Waals surface area contributed by atoms with Crippen LogP contribution in [0.5, 0.6) is 0 Å². The molecule has 1 aromatic rings. The molecule has 2 N–H and O–H groups in total. The molecule has 0 spiro atoms. The number of hydrogen-bond donors (Lipinski definition) is 1. The van der Waals surface area contributed by atoms with Gasteiger partial charge < -0.3 is 5.73 Å². The molecule has 3 rings (SSSR count). The van der Waals surface area contributed by atoms with E-state index >= 15 is 0 Å². The normalized spacial score (nSPS) is 19.8. The van der Waals surface area contributed by atoms with Gasteiger partial charge in [-0.1, -0.05) is 29.8 Å². The Hall–Kier alpha value is -2.68. The first-order chi connectivity index (χ1) is 12.3. The lowest BCUT2D eigenvalue weighted by atomic mass is 10.1. The standard InChI is InChI=1S/C17H19N5O3S/c1-10-5-4-6-11(7-10)8-22-13-14(19-16(22)26-9-12(18)23)20(2)17(25)21(3)15(13)24/h4-7,13H,8-9H2,1-3H3,(H-,18,23)/p+1. The van der Waals surface area contributed by atoms with E-state index in [9.17, 15) is 14.4 Å². The highest BCUT2D eigenvalue weighted by Gasteiger charge is 2.53. The number of carbonyl (C=O) groups excluding carboxylic acids is 3. The number of nitrogens with two attached hydrogens (primary N) is 1. The monoisotopic (exact) mass is 374 g/mol. The number of amides is 4. The van der Waals surface area contributed by atoms with Gasteiger partial charge in [0.25, 0.3) is 17.8 Å². The Morgan fingerprint density at radius 2 is 2.04 bits per heavy atom. The molecular formula is C17H20N5O3S+. The van der Waals surface area contributed by atoms with E-state index in [1.807, 2.05) is 35.8 Å². The Morgan fingerprint density at radius 1 is 1.31 bits per heavy atom. The third kappa shape index (κ3) is 3.22. The average molecular weight is 374 g/mol. The van der Waals surface area contributed by atoms with Crippen LogP contribution in [0.25, 0.3) is 0 Å². The molecule has 9 heteroatoms. The van der Waals surface area contributed by atoms with Crippen molar-refractivity contribution in [1.82, 2.24) is 9.80 Å². The van der Waals surface area contributed by atoms with Crippen molar-refractivity contribution in [3.8, 4) is 0 Å². The van der Waals surface area contributed by atoms with Gasteiger partial charge in [-0.15, -0.1) is 0 Å². The smallest absolute Gasteiger partial charge is 0.358 e. The van der Waals surface area contributed by atoms with Gasteiger partial charge in [0.05, 0.1) is 5.75 Å². The van der Waals surface area contributed by atoms with Gasteiger partial charge in [0.2, 0.25) is 5.91 Å². The lowest BCUT2D eigenvalue weighted by Crippen LogP contribution is -2.61. The molecule has 1 aromatic carbocycles. The molecule has 2 aliphatic rings. The number of carbonyl (C=O) groups is 3. The molecule has 0 saturated carbocycles. The molecule has 0 bridgehead atoms. The first kappa shape index (κ1) is 18.1. The fourth-order valence-corrected chi connectivity index (χ4v) is 3.76. The topological polar surface area (TPSA) is 99.1 Å². The molecular weight excluding hydrogens is 354 g/mol. The lowest BCUT2D eigenvalue weighted by molar-refractivity contribution is -0.548. The van der Waals surface area contributed by atoms with Crippen molar-refractivity contribution in [3.63, 3.8) is 0 Å². The number of hydrogen-bond acceptors (Lipinski definition) is 5. The van der Waals surface area contributed by atoms with Crippen LogP contribution in [-0.2, 0) is 16.1 Å². The zero-order chi connectivity index (χ0) is 19.0. The van der Waals surface area contributed by atoms with Gasteiger partial charge in [-0.05, 0) is 29.2 Å². The minimum atomic E-state index is -0.696. The van der Waals surface area contributed by atoms with Gasteiger partial charge >= 0.3 is 11.2 Å². The van der Waals surface area contributed by atoms with Crippen LogP contribution >= 0.6 is 11.8 Å². The van der Waals surface area contributed by atoms with Crippen molar-refractivity contribution in [2.24, 2.45) is 10.7 Å². The number of likely N-dealkylation sites (N-methyl/N-ethyl adjacent to an activating group) is 2. The number of aliphatic imine (C=N–C) groups is 1. The first-order valence-electron chi connectivity index (χ1n) is 8.03. The fourth-order valence-electron chi connectivity index (χ4n) is 2.99. The lowest BCUT2D eigenvalue weighted by Gasteiger charge is -2.30. The van der Waals surface area contributed by atoms with Crippen molar-refractivity contribution in [1.29, 1.82) is 0 Å². The summed E-state index contributed by atoms with van der Waals surface area (Å²) >= 11 is 1.17. The second-order valence-corrected chi connectivity index (χ2v) is 7.21. The summed E-state index contributed by atoms with van der Waals surface area (Å²) in [5.41, 5.74) is 7.37. The summed E-state index contributed by atoms with van der Waals surface area (Å²) in [5, 5.41) is 0.508. The van der Waals surface area contributed by atoms with Gasteiger partial charge in [-0.2, -0.15) is 0 Å². The number of imide groups is 1. The third-order valence-electron chi connectivity index (χ3n) is 4.27. The van der Waals surface area contributed by atoms with Crippen LogP contribution in [0.2, 0.25) is 0 Å². The van der Waals surface area contributed by atoms with Gasteiger partial charge in [0, 0.05) is 14.1 Å². The van der Waals surface area contributed by atoms with Crippen LogP contribution < -0.4 is 5.73 Å². The van der Waals surface area contributed by atoms with Crippen molar-refractivity contribution < 1.29 is 19.0 Å². The molecule has 8 nitrogen and oxygen atoms in total. The Labute approximate surface area is 155 Å². The molecule has 4 amide bonds. The number of rotatable bonds is 4. The molecule has 1 unspecified atom stereocenters. The Morgan fingerprint density at radius 3 is 2.69 bits per heavy atom. The molecule has 2 heterocycles. The Balaban J connectivity index is 2.01. The minimum Gasteiger partial charge on any atom is -0.369 e. The van der Waals surface area contributed by atoms with E-state index in [2.05, 4.69) is 4.99 Å². The maximum absolute atomic E-state index is 12.8. The summed E-state index contributed by atoms with van der Waals surface area (Å²) in [6, 6.07) is 6.81. The van der Waals surface area contributed by atoms with Gasteiger partial charge in [0.15, 0.2) is 0 Å². The highest BCUT2D eigenvalue weighted by Crippen LogP contribution is 2.24. The molecule has 2 aliphatic heterocycles. The van der Waals surface area contributed by atoms with E-state index in [-0.39, 0.29) is 11.7 Å². The number of amidine groups is 2. The van der Waals surface area contributed by atoms with Crippen LogP contribution in [-0.4, -0.2) is 69.1 Å². The molecule has 1 fully saturated rings. The second kappa shape index (κ2) is 6.91. The van der Waals surface area contributed by atoms with E-state index < -0.39 is 18.0 Å². The van der Waals surface area contributed by atoms with E-state index in [0.29, 0.717) is 17.5 Å². The maximum atomic E-state index is 12.8. The number of urea groups is 1. The fraction of sp³-hybridized carbons (Fsp3) is 0.353. The van der Waals surface area contributed by atoms with Crippen LogP contribution in [0.3, 0.4) is 0 Å². The molecule has 136 valence electrons. The Kier molecular flexibility index (Phi) is 4.82. The van der Waals surface area contributed by atoms with Gasteiger partial charge in [-0.3, -0.25) is 19.4 Å². The largest absolute Gasteiger partial charge is 0.369 e.